The molecule has 0 amide bonds. The summed E-state index contributed by atoms with van der Waals surface area (Å²) in [4.78, 5) is 11.8. The van der Waals surface area contributed by atoms with Gasteiger partial charge >= 0.3 is 5.97 Å². The molecule has 0 unspecified atom stereocenters. The highest BCUT2D eigenvalue weighted by Crippen LogP contribution is 2.68. The molecular formula is C15H20O6. The van der Waals surface area contributed by atoms with Gasteiger partial charge in [0.05, 0.1) is 17.1 Å². The fraction of sp³-hybridized carbons (Fsp3) is 0.800. The van der Waals surface area contributed by atoms with E-state index in [0.717, 1.165) is 0 Å². The standard InChI is InChI=1S/C15H20O6/c1-6-7-4-5-13(2,18)15-9(8(7)20-12(6)17)14(3,19)10(16)11(15)21-15/h7-11,16,18-19H,1,4-5H2,2-3H3/t7-,8-,9-,10+,11-,13+,14+,15+/m0/s1. The van der Waals surface area contributed by atoms with Crippen molar-refractivity contribution >= 4 is 5.97 Å². The Morgan fingerprint density at radius 1 is 1.33 bits per heavy atom. The third kappa shape index (κ3) is 1.31. The number of aliphatic hydroxyl groups is 3. The van der Waals surface area contributed by atoms with Crippen LogP contribution in [0.15, 0.2) is 12.2 Å². The zero-order chi connectivity index (χ0) is 15.4. The Kier molecular flexibility index (Phi) is 2.29. The van der Waals surface area contributed by atoms with E-state index in [2.05, 4.69) is 6.58 Å². The van der Waals surface area contributed by atoms with E-state index in [4.69, 9.17) is 9.47 Å². The van der Waals surface area contributed by atoms with E-state index >= 15 is 0 Å². The summed E-state index contributed by atoms with van der Waals surface area (Å²) in [6.07, 6.45) is -1.40. The van der Waals surface area contributed by atoms with Crippen LogP contribution in [0.1, 0.15) is 26.7 Å². The maximum absolute atomic E-state index is 11.8. The van der Waals surface area contributed by atoms with Crippen LogP contribution in [0.3, 0.4) is 0 Å². The van der Waals surface area contributed by atoms with Gasteiger partial charge in [0.1, 0.15) is 23.9 Å². The van der Waals surface area contributed by atoms with Gasteiger partial charge < -0.3 is 24.8 Å². The zero-order valence-corrected chi connectivity index (χ0v) is 12.1. The molecule has 0 aromatic heterocycles. The van der Waals surface area contributed by atoms with Crippen molar-refractivity contribution in [3.05, 3.63) is 12.2 Å². The van der Waals surface area contributed by atoms with E-state index < -0.39 is 47.0 Å². The predicted octanol–water partition coefficient (Wildman–Crippen LogP) is -0.492. The number of aliphatic hydroxyl groups excluding tert-OH is 1. The third-order valence-electron chi connectivity index (χ3n) is 6.13. The third-order valence-corrected chi connectivity index (χ3v) is 6.13. The lowest BCUT2D eigenvalue weighted by Gasteiger charge is -2.40. The van der Waals surface area contributed by atoms with E-state index in [9.17, 15) is 20.1 Å². The fourth-order valence-corrected chi connectivity index (χ4v) is 4.90. The lowest BCUT2D eigenvalue weighted by atomic mass is 9.73. The molecule has 0 aromatic carbocycles. The van der Waals surface area contributed by atoms with Crippen molar-refractivity contribution in [2.75, 3.05) is 0 Å². The SMILES string of the molecule is C=C1C(=O)O[C@H]2[C@H]1CC[C@@](C)(O)[C@]13O[C@H]1[C@@H](O)[C@](C)(O)[C@H]23. The monoisotopic (exact) mass is 296 g/mol. The van der Waals surface area contributed by atoms with Gasteiger partial charge in [0.2, 0.25) is 0 Å². The smallest absolute Gasteiger partial charge is 0.334 e. The first-order valence-electron chi connectivity index (χ1n) is 7.35. The molecule has 6 nitrogen and oxygen atoms in total. The summed E-state index contributed by atoms with van der Waals surface area (Å²) < 4.78 is 11.1. The van der Waals surface area contributed by atoms with Crippen LogP contribution in [0, 0.1) is 11.8 Å². The van der Waals surface area contributed by atoms with Crippen LogP contribution in [-0.4, -0.2) is 56.4 Å². The molecule has 21 heavy (non-hydrogen) atoms. The molecule has 6 heteroatoms. The minimum absolute atomic E-state index is 0.255. The van der Waals surface area contributed by atoms with Crippen LogP contribution in [-0.2, 0) is 14.3 Å². The quantitative estimate of drug-likeness (QED) is 0.317. The van der Waals surface area contributed by atoms with Crippen molar-refractivity contribution in [2.24, 2.45) is 11.8 Å². The molecule has 3 N–H and O–H groups in total. The van der Waals surface area contributed by atoms with Crippen LogP contribution in [0.5, 0.6) is 0 Å². The Hall–Kier alpha value is -0.950. The highest BCUT2D eigenvalue weighted by molar-refractivity contribution is 5.91. The Morgan fingerprint density at radius 2 is 2.00 bits per heavy atom. The van der Waals surface area contributed by atoms with Crippen molar-refractivity contribution < 1.29 is 29.6 Å². The topological polar surface area (TPSA) is 99.5 Å². The van der Waals surface area contributed by atoms with Crippen LogP contribution in [0.25, 0.3) is 0 Å². The molecule has 1 spiro atoms. The van der Waals surface area contributed by atoms with E-state index in [1.54, 1.807) is 6.92 Å². The molecule has 116 valence electrons. The van der Waals surface area contributed by atoms with E-state index in [1.807, 2.05) is 0 Å². The molecule has 4 fully saturated rings. The molecule has 8 atom stereocenters. The Labute approximate surface area is 122 Å². The Morgan fingerprint density at radius 3 is 2.67 bits per heavy atom. The van der Waals surface area contributed by atoms with E-state index in [-0.39, 0.29) is 5.92 Å². The number of carbonyl (C=O) groups is 1. The number of rotatable bonds is 0. The van der Waals surface area contributed by atoms with Gasteiger partial charge in [-0.25, -0.2) is 4.79 Å². The summed E-state index contributed by atoms with van der Waals surface area (Å²) in [7, 11) is 0. The first-order chi connectivity index (χ1) is 9.64. The summed E-state index contributed by atoms with van der Waals surface area (Å²) >= 11 is 0. The highest BCUT2D eigenvalue weighted by atomic mass is 16.7. The number of fused-ring (bicyclic) bond motifs is 2. The lowest BCUT2D eigenvalue weighted by Crippen LogP contribution is -2.56. The number of ether oxygens (including phenoxy) is 2. The largest absolute Gasteiger partial charge is 0.458 e. The van der Waals surface area contributed by atoms with Gasteiger partial charge in [-0.05, 0) is 26.7 Å². The molecule has 2 aliphatic heterocycles. The lowest BCUT2D eigenvalue weighted by molar-refractivity contribution is -0.178. The molecule has 2 heterocycles. The van der Waals surface area contributed by atoms with Gasteiger partial charge in [-0.2, -0.15) is 0 Å². The van der Waals surface area contributed by atoms with Crippen molar-refractivity contribution in [2.45, 2.75) is 61.8 Å². The predicted molar refractivity (Wildman–Crippen MR) is 70.1 cm³/mol. The van der Waals surface area contributed by atoms with Gasteiger partial charge in [0.25, 0.3) is 0 Å². The number of carbonyl (C=O) groups excluding carboxylic acids is 1. The number of hydrogen-bond donors (Lipinski definition) is 3. The second-order valence-electron chi connectivity index (χ2n) is 7.29. The second-order valence-corrected chi connectivity index (χ2v) is 7.29. The summed E-state index contributed by atoms with van der Waals surface area (Å²) in [6, 6.07) is 0. The van der Waals surface area contributed by atoms with Gasteiger partial charge in [-0.15, -0.1) is 0 Å². The summed E-state index contributed by atoms with van der Waals surface area (Å²) in [5.41, 5.74) is -3.35. The fourth-order valence-electron chi connectivity index (χ4n) is 4.90. The second kappa shape index (κ2) is 3.51. The van der Waals surface area contributed by atoms with Gasteiger partial charge in [0, 0.05) is 11.5 Å². The number of hydrogen-bond acceptors (Lipinski definition) is 6. The first-order valence-corrected chi connectivity index (χ1v) is 7.35. The highest BCUT2D eigenvalue weighted by Gasteiger charge is 2.85. The van der Waals surface area contributed by atoms with Gasteiger partial charge in [0.15, 0.2) is 0 Å². The van der Waals surface area contributed by atoms with E-state index in [0.29, 0.717) is 18.4 Å². The number of esters is 1. The van der Waals surface area contributed by atoms with Gasteiger partial charge in [-0.1, -0.05) is 6.58 Å². The molecular weight excluding hydrogens is 276 g/mol. The van der Waals surface area contributed by atoms with Crippen LogP contribution < -0.4 is 0 Å². The van der Waals surface area contributed by atoms with Crippen molar-refractivity contribution in [3.8, 4) is 0 Å². The van der Waals surface area contributed by atoms with E-state index in [1.165, 1.54) is 6.92 Å². The van der Waals surface area contributed by atoms with Crippen molar-refractivity contribution in [1.82, 2.24) is 0 Å². The average Bonchev–Trinajstić information content (AvgIpc) is 3.03. The molecule has 4 rings (SSSR count). The molecule has 2 aliphatic carbocycles. The molecule has 4 aliphatic rings. The molecule has 2 saturated carbocycles. The van der Waals surface area contributed by atoms with Crippen molar-refractivity contribution in [3.63, 3.8) is 0 Å². The van der Waals surface area contributed by atoms with Crippen LogP contribution in [0.2, 0.25) is 0 Å². The normalized spacial score (nSPS) is 61.7. The summed E-state index contributed by atoms with van der Waals surface area (Å²) in [5, 5.41) is 32.0. The Balaban J connectivity index is 1.87. The minimum Gasteiger partial charge on any atom is -0.458 e. The zero-order valence-electron chi connectivity index (χ0n) is 12.1. The summed E-state index contributed by atoms with van der Waals surface area (Å²) in [6.45, 7) is 6.97. The summed E-state index contributed by atoms with van der Waals surface area (Å²) in [5.74, 6) is -1.39. The average molecular weight is 296 g/mol. The molecule has 0 aromatic rings. The first kappa shape index (κ1) is 13.7. The maximum atomic E-state index is 11.8. The molecule has 2 saturated heterocycles. The number of epoxide rings is 1. The van der Waals surface area contributed by atoms with Crippen LogP contribution in [0.4, 0.5) is 0 Å². The van der Waals surface area contributed by atoms with Gasteiger partial charge in [-0.3, -0.25) is 0 Å². The minimum atomic E-state index is -1.48. The molecule has 0 radical (unpaired) electrons. The maximum Gasteiger partial charge on any atom is 0.334 e. The van der Waals surface area contributed by atoms with Crippen molar-refractivity contribution in [1.29, 1.82) is 0 Å². The van der Waals surface area contributed by atoms with Crippen LogP contribution >= 0.6 is 0 Å². The molecule has 0 bridgehead atoms. The Bertz CT molecular complexity index is 552.